The quantitative estimate of drug-likeness (QED) is 0.589. The molecule has 0 spiro atoms. The van der Waals surface area contributed by atoms with E-state index in [1.54, 1.807) is 24.5 Å². The minimum absolute atomic E-state index is 0.0313. The van der Waals surface area contributed by atoms with Gasteiger partial charge in [0.25, 0.3) is 5.91 Å². The largest absolute Gasteiger partial charge is 0.497 e. The molecule has 27 heavy (non-hydrogen) atoms. The Hall–Kier alpha value is -3.61. The maximum absolute atomic E-state index is 12.4. The first-order valence-corrected chi connectivity index (χ1v) is 8.45. The highest BCUT2D eigenvalue weighted by atomic mass is 16.5. The molecule has 1 amide bonds. The highest BCUT2D eigenvalue weighted by Crippen LogP contribution is 2.19. The van der Waals surface area contributed by atoms with E-state index >= 15 is 0 Å². The van der Waals surface area contributed by atoms with Crippen LogP contribution in [0.1, 0.15) is 10.6 Å². The van der Waals surface area contributed by atoms with Crippen LogP contribution in [0.15, 0.2) is 64.1 Å². The highest BCUT2D eigenvalue weighted by molar-refractivity contribution is 5.93. The number of carbonyl (C=O) groups excluding carboxylic acids is 1. The topological polar surface area (TPSA) is 86.4 Å². The van der Waals surface area contributed by atoms with Gasteiger partial charge in [0, 0.05) is 25.2 Å². The van der Waals surface area contributed by atoms with E-state index in [0.717, 1.165) is 11.0 Å². The summed E-state index contributed by atoms with van der Waals surface area (Å²) in [4.78, 5) is 28.9. The van der Waals surface area contributed by atoms with E-state index in [0.29, 0.717) is 29.8 Å². The van der Waals surface area contributed by atoms with Crippen molar-refractivity contribution in [3.8, 4) is 5.75 Å². The number of fused-ring (bicyclic) bond motifs is 2. The van der Waals surface area contributed by atoms with Gasteiger partial charge in [-0.2, -0.15) is 0 Å². The molecule has 136 valence electrons. The van der Waals surface area contributed by atoms with E-state index in [-0.39, 0.29) is 11.2 Å². The average molecular weight is 363 g/mol. The maximum Gasteiger partial charge on any atom is 0.287 e. The lowest BCUT2D eigenvalue weighted by molar-refractivity contribution is 0.0925. The molecule has 2 heterocycles. The van der Waals surface area contributed by atoms with E-state index in [2.05, 4.69) is 10.3 Å². The number of methoxy groups -OCH3 is 1. The van der Waals surface area contributed by atoms with Crippen LogP contribution in [0.4, 0.5) is 0 Å². The zero-order valence-corrected chi connectivity index (χ0v) is 14.6. The Bertz CT molecular complexity index is 1190. The molecule has 2 aromatic carbocycles. The van der Waals surface area contributed by atoms with E-state index < -0.39 is 5.91 Å². The van der Waals surface area contributed by atoms with Crippen LogP contribution >= 0.6 is 0 Å². The van der Waals surface area contributed by atoms with E-state index in [9.17, 15) is 9.59 Å². The number of rotatable bonds is 5. The summed E-state index contributed by atoms with van der Waals surface area (Å²) in [5.74, 6) is 0.0766. The van der Waals surface area contributed by atoms with Crippen LogP contribution in [0.5, 0.6) is 5.75 Å². The zero-order valence-electron chi connectivity index (χ0n) is 14.6. The number of benzene rings is 2. The first-order chi connectivity index (χ1) is 13.2. The van der Waals surface area contributed by atoms with Crippen molar-refractivity contribution in [2.75, 3.05) is 13.7 Å². The summed E-state index contributed by atoms with van der Waals surface area (Å²) in [7, 11) is 1.52. The van der Waals surface area contributed by atoms with Gasteiger partial charge >= 0.3 is 0 Å². The summed E-state index contributed by atoms with van der Waals surface area (Å²) >= 11 is 0. The van der Waals surface area contributed by atoms with Crippen LogP contribution in [-0.2, 0) is 6.54 Å². The molecule has 1 N–H and O–H groups in total. The van der Waals surface area contributed by atoms with Gasteiger partial charge in [0.1, 0.15) is 11.3 Å². The lowest BCUT2D eigenvalue weighted by atomic mass is 10.2. The Labute approximate surface area is 154 Å². The lowest BCUT2D eigenvalue weighted by Crippen LogP contribution is -2.27. The molecule has 4 rings (SSSR count). The molecule has 0 saturated carbocycles. The number of nitrogens with zero attached hydrogens (tertiary/aromatic N) is 2. The third-order valence-electron chi connectivity index (χ3n) is 4.33. The minimum Gasteiger partial charge on any atom is -0.497 e. The van der Waals surface area contributed by atoms with Gasteiger partial charge in [-0.15, -0.1) is 0 Å². The average Bonchev–Trinajstić information content (AvgIpc) is 3.10. The number of ether oxygens (including phenoxy) is 1. The number of nitrogens with one attached hydrogen (secondary N) is 1. The summed E-state index contributed by atoms with van der Waals surface area (Å²) in [6, 6.07) is 13.9. The molecule has 7 heteroatoms. The van der Waals surface area contributed by atoms with Crippen LogP contribution in [-0.4, -0.2) is 29.1 Å². The fourth-order valence-corrected chi connectivity index (χ4v) is 2.94. The number of hydrogen-bond donors (Lipinski definition) is 1. The van der Waals surface area contributed by atoms with Crippen molar-refractivity contribution in [1.29, 1.82) is 0 Å². The van der Waals surface area contributed by atoms with Crippen molar-refractivity contribution >= 4 is 27.9 Å². The summed E-state index contributed by atoms with van der Waals surface area (Å²) in [5, 5.41) is 3.17. The van der Waals surface area contributed by atoms with Crippen LogP contribution in [0.25, 0.3) is 22.0 Å². The first-order valence-electron chi connectivity index (χ1n) is 8.45. The van der Waals surface area contributed by atoms with E-state index in [4.69, 9.17) is 9.15 Å². The maximum atomic E-state index is 12.4. The first kappa shape index (κ1) is 16.8. The van der Waals surface area contributed by atoms with Gasteiger partial charge in [-0.05, 0) is 24.3 Å². The third kappa shape index (κ3) is 3.27. The molecule has 0 fully saturated rings. The minimum atomic E-state index is -0.443. The Balaban J connectivity index is 1.50. The van der Waals surface area contributed by atoms with Gasteiger partial charge in [0.15, 0.2) is 11.2 Å². The van der Waals surface area contributed by atoms with Crippen molar-refractivity contribution in [2.45, 2.75) is 6.54 Å². The molecule has 7 nitrogen and oxygen atoms in total. The molecule has 0 aliphatic heterocycles. The van der Waals surface area contributed by atoms with Gasteiger partial charge in [-0.1, -0.05) is 12.1 Å². The molecule has 0 bridgehead atoms. The van der Waals surface area contributed by atoms with Crippen molar-refractivity contribution in [3.63, 3.8) is 0 Å². The van der Waals surface area contributed by atoms with Crippen LogP contribution in [0.2, 0.25) is 0 Å². The normalized spacial score (nSPS) is 11.0. The van der Waals surface area contributed by atoms with Crippen LogP contribution in [0, 0.1) is 0 Å². The number of imidazole rings is 1. The van der Waals surface area contributed by atoms with Gasteiger partial charge in [-0.25, -0.2) is 4.98 Å². The van der Waals surface area contributed by atoms with Gasteiger partial charge in [-0.3, -0.25) is 9.59 Å². The number of amides is 1. The molecule has 4 aromatic rings. The molecule has 0 aliphatic rings. The Kier molecular flexibility index (Phi) is 4.33. The molecule has 0 radical (unpaired) electrons. The van der Waals surface area contributed by atoms with Crippen LogP contribution in [0.3, 0.4) is 0 Å². The van der Waals surface area contributed by atoms with Gasteiger partial charge in [0.05, 0.1) is 29.9 Å². The lowest BCUT2D eigenvalue weighted by Gasteiger charge is -2.07. The molecule has 2 aromatic heterocycles. The highest BCUT2D eigenvalue weighted by Gasteiger charge is 2.13. The summed E-state index contributed by atoms with van der Waals surface area (Å²) in [6.45, 7) is 0.928. The number of para-hydroxylation sites is 2. The standard InChI is InChI=1S/C20H17N3O4/c1-26-13-6-7-14-17(24)11-19(27-18(14)10-13)20(25)21-8-9-23-12-22-15-4-2-3-5-16(15)23/h2-7,10-12H,8-9H2,1H3,(H,21,25). The second-order valence-corrected chi connectivity index (χ2v) is 6.02. The Morgan fingerprint density at radius 2 is 2.07 bits per heavy atom. The Morgan fingerprint density at radius 1 is 1.22 bits per heavy atom. The summed E-state index contributed by atoms with van der Waals surface area (Å²) in [6.07, 6.45) is 1.74. The number of carbonyl (C=O) groups is 1. The van der Waals surface area contributed by atoms with E-state index in [1.165, 1.54) is 13.2 Å². The molecule has 0 saturated heterocycles. The second-order valence-electron chi connectivity index (χ2n) is 6.02. The predicted molar refractivity (Wildman–Crippen MR) is 101 cm³/mol. The monoisotopic (exact) mass is 363 g/mol. The molecular weight excluding hydrogens is 346 g/mol. The Morgan fingerprint density at radius 3 is 2.93 bits per heavy atom. The van der Waals surface area contributed by atoms with Crippen molar-refractivity contribution in [1.82, 2.24) is 14.9 Å². The van der Waals surface area contributed by atoms with Crippen molar-refractivity contribution < 1.29 is 13.9 Å². The second kappa shape index (κ2) is 6.95. The third-order valence-corrected chi connectivity index (χ3v) is 4.33. The summed E-state index contributed by atoms with van der Waals surface area (Å²) < 4.78 is 12.7. The smallest absolute Gasteiger partial charge is 0.287 e. The SMILES string of the molecule is COc1ccc2c(=O)cc(C(=O)NCCn3cnc4ccccc43)oc2c1. The fraction of sp³-hybridized carbons (Fsp3) is 0.150. The van der Waals surface area contributed by atoms with Crippen molar-refractivity contribution in [3.05, 3.63) is 70.8 Å². The van der Waals surface area contributed by atoms with Gasteiger partial charge < -0.3 is 19.0 Å². The van der Waals surface area contributed by atoms with Crippen LogP contribution < -0.4 is 15.5 Å². The van der Waals surface area contributed by atoms with E-state index in [1.807, 2.05) is 28.8 Å². The summed E-state index contributed by atoms with van der Waals surface area (Å²) in [5.41, 5.74) is 1.94. The van der Waals surface area contributed by atoms with Gasteiger partial charge in [0.2, 0.25) is 0 Å². The molecule has 0 unspecified atom stereocenters. The molecule has 0 atom stereocenters. The number of hydrogen-bond acceptors (Lipinski definition) is 5. The fourth-order valence-electron chi connectivity index (χ4n) is 2.94. The van der Waals surface area contributed by atoms with Crippen molar-refractivity contribution in [2.24, 2.45) is 0 Å². The molecule has 0 aliphatic carbocycles. The predicted octanol–water partition coefficient (Wildman–Crippen LogP) is 2.58. The zero-order chi connectivity index (χ0) is 18.8. The number of aromatic nitrogens is 2. The molecular formula is C20H17N3O4.